The Morgan fingerprint density at radius 2 is 2.00 bits per heavy atom. The van der Waals surface area contributed by atoms with Gasteiger partial charge in [-0.2, -0.15) is 0 Å². The SMILES string of the molecule is C=C(O)/C=c1/[nH]c(=O)c(C2=C(NCC)N3C=C(C)C=CC3=NC2)c/c1=C/CC.CC.c1ccoc1. The summed E-state index contributed by atoms with van der Waals surface area (Å²) in [5, 5.41) is 14.3. The van der Waals surface area contributed by atoms with Gasteiger partial charge < -0.3 is 19.8 Å². The molecule has 4 rings (SSSR count). The first kappa shape index (κ1) is 27.2. The molecular formula is C28H36N4O3. The molecule has 0 unspecified atom stereocenters. The van der Waals surface area contributed by atoms with Crippen LogP contribution in [-0.4, -0.2) is 33.9 Å². The summed E-state index contributed by atoms with van der Waals surface area (Å²) >= 11 is 0. The Bertz CT molecular complexity index is 1280. The van der Waals surface area contributed by atoms with Crippen LogP contribution in [0.25, 0.3) is 17.7 Å². The van der Waals surface area contributed by atoms with Gasteiger partial charge in [-0.3, -0.25) is 14.7 Å². The highest BCUT2D eigenvalue weighted by atomic mass is 16.3. The predicted molar refractivity (Wildman–Crippen MR) is 145 cm³/mol. The van der Waals surface area contributed by atoms with Gasteiger partial charge in [0.1, 0.15) is 17.4 Å². The van der Waals surface area contributed by atoms with Crippen molar-refractivity contribution in [1.29, 1.82) is 0 Å². The van der Waals surface area contributed by atoms with E-state index in [1.807, 2.05) is 82.1 Å². The molecule has 0 radical (unpaired) electrons. The van der Waals surface area contributed by atoms with E-state index in [2.05, 4.69) is 26.3 Å². The first-order valence-corrected chi connectivity index (χ1v) is 11.9. The smallest absolute Gasteiger partial charge is 0.256 e. The summed E-state index contributed by atoms with van der Waals surface area (Å²) in [6, 6.07) is 5.53. The van der Waals surface area contributed by atoms with E-state index < -0.39 is 0 Å². The molecule has 0 fully saturated rings. The highest BCUT2D eigenvalue weighted by Gasteiger charge is 2.25. The fourth-order valence-corrected chi connectivity index (χ4v) is 3.55. The van der Waals surface area contributed by atoms with Crippen molar-refractivity contribution in [3.8, 4) is 0 Å². The topological polar surface area (TPSA) is 93.9 Å². The van der Waals surface area contributed by atoms with Crippen LogP contribution in [0.1, 0.15) is 46.6 Å². The van der Waals surface area contributed by atoms with Gasteiger partial charge in [-0.05, 0) is 55.3 Å². The van der Waals surface area contributed by atoms with Gasteiger partial charge in [-0.25, -0.2) is 0 Å². The largest absolute Gasteiger partial charge is 0.509 e. The van der Waals surface area contributed by atoms with Crippen molar-refractivity contribution in [2.24, 2.45) is 4.99 Å². The number of furan rings is 1. The highest BCUT2D eigenvalue weighted by Crippen LogP contribution is 2.25. The minimum Gasteiger partial charge on any atom is -0.509 e. The van der Waals surface area contributed by atoms with E-state index >= 15 is 0 Å². The fourth-order valence-electron chi connectivity index (χ4n) is 3.55. The molecule has 4 heterocycles. The average Bonchev–Trinajstić information content (AvgIpc) is 3.43. The van der Waals surface area contributed by atoms with Gasteiger partial charge in [0.25, 0.3) is 5.56 Å². The lowest BCUT2D eigenvalue weighted by molar-refractivity contribution is 0.444. The summed E-state index contributed by atoms with van der Waals surface area (Å²) in [5.41, 5.74) is 2.29. The van der Waals surface area contributed by atoms with Crippen molar-refractivity contribution >= 4 is 23.6 Å². The summed E-state index contributed by atoms with van der Waals surface area (Å²) in [5.74, 6) is 1.62. The molecule has 2 aliphatic rings. The molecule has 2 aliphatic heterocycles. The molecule has 35 heavy (non-hydrogen) atoms. The summed E-state index contributed by atoms with van der Waals surface area (Å²) in [4.78, 5) is 22.4. The number of amidine groups is 1. The predicted octanol–water partition coefficient (Wildman–Crippen LogP) is 4.19. The lowest BCUT2D eigenvalue weighted by atomic mass is 10.0. The Morgan fingerprint density at radius 3 is 2.57 bits per heavy atom. The van der Waals surface area contributed by atoms with Crippen LogP contribution in [0.3, 0.4) is 0 Å². The van der Waals surface area contributed by atoms with Gasteiger partial charge >= 0.3 is 0 Å². The van der Waals surface area contributed by atoms with Crippen molar-refractivity contribution in [2.75, 3.05) is 13.1 Å². The second-order valence-electron chi connectivity index (χ2n) is 7.53. The van der Waals surface area contributed by atoms with Gasteiger partial charge in [0, 0.05) is 30.0 Å². The van der Waals surface area contributed by atoms with Gasteiger partial charge in [0.05, 0.1) is 24.4 Å². The van der Waals surface area contributed by atoms with Gasteiger partial charge in [-0.1, -0.05) is 39.5 Å². The molecule has 0 atom stereocenters. The van der Waals surface area contributed by atoms with Crippen molar-refractivity contribution in [2.45, 2.75) is 41.0 Å². The molecule has 0 bridgehead atoms. The molecule has 0 amide bonds. The number of fused-ring (bicyclic) bond motifs is 1. The van der Waals surface area contributed by atoms with E-state index in [0.717, 1.165) is 41.0 Å². The summed E-state index contributed by atoms with van der Waals surface area (Å²) in [6.07, 6.45) is 13.5. The minimum absolute atomic E-state index is 0.102. The maximum Gasteiger partial charge on any atom is 0.256 e. The summed E-state index contributed by atoms with van der Waals surface area (Å²) in [7, 11) is 0. The zero-order valence-corrected chi connectivity index (χ0v) is 21.3. The van der Waals surface area contributed by atoms with Crippen LogP contribution in [0.4, 0.5) is 0 Å². The van der Waals surface area contributed by atoms with Crippen molar-refractivity contribution < 1.29 is 9.52 Å². The van der Waals surface area contributed by atoms with Crippen LogP contribution in [0.5, 0.6) is 0 Å². The quantitative estimate of drug-likeness (QED) is 0.563. The lowest BCUT2D eigenvalue weighted by Crippen LogP contribution is -2.40. The Kier molecular flexibility index (Phi) is 10.6. The third kappa shape index (κ3) is 7.24. The third-order valence-electron chi connectivity index (χ3n) is 4.93. The van der Waals surface area contributed by atoms with E-state index in [-0.39, 0.29) is 11.3 Å². The first-order valence-electron chi connectivity index (χ1n) is 11.9. The van der Waals surface area contributed by atoms with E-state index in [1.54, 1.807) is 12.5 Å². The van der Waals surface area contributed by atoms with Gasteiger partial charge in [-0.15, -0.1) is 0 Å². The zero-order chi connectivity index (χ0) is 25.8. The van der Waals surface area contributed by atoms with Crippen LogP contribution in [0.15, 0.2) is 87.0 Å². The third-order valence-corrected chi connectivity index (χ3v) is 4.93. The highest BCUT2D eigenvalue weighted by molar-refractivity contribution is 5.99. The first-order chi connectivity index (χ1) is 16.9. The molecule has 7 nitrogen and oxygen atoms in total. The van der Waals surface area contributed by atoms with Crippen LogP contribution in [-0.2, 0) is 0 Å². The molecule has 0 saturated carbocycles. The molecule has 0 aromatic carbocycles. The Balaban J connectivity index is 0.000000538. The van der Waals surface area contributed by atoms with E-state index in [9.17, 15) is 9.90 Å². The van der Waals surface area contributed by atoms with Gasteiger partial charge in [0.2, 0.25) is 0 Å². The van der Waals surface area contributed by atoms with Crippen LogP contribution in [0.2, 0.25) is 0 Å². The summed E-state index contributed by atoms with van der Waals surface area (Å²) < 4.78 is 4.58. The molecule has 186 valence electrons. The number of aliphatic hydroxyl groups excluding tert-OH is 1. The van der Waals surface area contributed by atoms with Crippen LogP contribution < -0.4 is 21.4 Å². The van der Waals surface area contributed by atoms with E-state index in [0.29, 0.717) is 17.5 Å². The lowest BCUT2D eigenvalue weighted by Gasteiger charge is -2.32. The van der Waals surface area contributed by atoms with Gasteiger partial charge in [0.15, 0.2) is 0 Å². The Hall–Kier alpha value is -4.00. The zero-order valence-electron chi connectivity index (χ0n) is 21.3. The molecular weight excluding hydrogens is 440 g/mol. The second kappa shape index (κ2) is 13.6. The number of aromatic amines is 1. The Labute approximate surface area is 206 Å². The molecule has 2 aromatic rings. The maximum atomic E-state index is 12.9. The maximum absolute atomic E-state index is 12.9. The van der Waals surface area contributed by atoms with E-state index in [4.69, 9.17) is 0 Å². The number of nitrogens with zero attached hydrogens (tertiary/aromatic N) is 2. The van der Waals surface area contributed by atoms with Crippen molar-refractivity contribution in [3.63, 3.8) is 0 Å². The number of hydrogen-bond acceptors (Lipinski definition) is 6. The molecule has 7 heteroatoms. The Morgan fingerprint density at radius 1 is 1.29 bits per heavy atom. The van der Waals surface area contributed by atoms with Crippen LogP contribution in [0, 0.1) is 0 Å². The van der Waals surface area contributed by atoms with Crippen molar-refractivity contribution in [3.05, 3.63) is 99.3 Å². The molecule has 3 N–H and O–H groups in total. The fraction of sp³-hybridized carbons (Fsp3) is 0.286. The number of allylic oxidation sites excluding steroid dienone is 3. The van der Waals surface area contributed by atoms with Crippen molar-refractivity contribution in [1.82, 2.24) is 15.2 Å². The molecule has 0 aliphatic carbocycles. The summed E-state index contributed by atoms with van der Waals surface area (Å²) in [6.45, 7) is 14.7. The number of nitrogens with one attached hydrogen (secondary N) is 2. The average molecular weight is 477 g/mol. The number of rotatable bonds is 5. The monoisotopic (exact) mass is 476 g/mol. The standard InChI is InChI=1S/C22H26N4O2.C4H4O.C2H6/c1-5-7-16-11-17(22(28)25-19(16)10-15(4)27)18-12-24-20-9-8-14(3)13-26(20)21(18)23-6-2;1-2-4-5-3-1;1-2/h7-11,13,23,27H,4-6,12H2,1-3H3,(H,25,28);1-4H;1-2H3/b16-7-,19-10+;;. The molecule has 0 spiro atoms. The number of H-pyrrole nitrogens is 1. The molecule has 2 aromatic heterocycles. The van der Waals surface area contributed by atoms with Crippen LogP contribution >= 0.6 is 0 Å². The number of pyridine rings is 1. The normalized spacial score (nSPS) is 15.3. The number of aliphatic hydroxyl groups is 1. The molecule has 0 saturated heterocycles. The second-order valence-corrected chi connectivity index (χ2v) is 7.53. The minimum atomic E-state index is -0.224. The number of hydrogen-bond donors (Lipinski definition) is 3. The number of aliphatic imine (C=N–C) groups is 1. The van der Waals surface area contributed by atoms with E-state index in [1.165, 1.54) is 6.08 Å². The number of aromatic nitrogens is 1.